The summed E-state index contributed by atoms with van der Waals surface area (Å²) in [7, 11) is 0. The number of nitrogens with one attached hydrogen (secondary N) is 2. The number of likely N-dealkylation sites (tertiary alicyclic amines) is 1. The maximum atomic E-state index is 5.15. The second-order valence-corrected chi connectivity index (χ2v) is 9.41. The molecule has 1 aromatic heterocycles. The Labute approximate surface area is 210 Å². The zero-order chi connectivity index (χ0) is 24.6. The molecule has 1 aliphatic rings. The standard InChI is InChI=1S/C30H39N5/c1-5-34(20-17-26-22-31-29-12-8-7-11-28(26)29)25(4)33-30(35-18-9-6-10-19-35)21-24(3)32-27-15-13-23(2)14-16-27/h7-8,11-16,21-22,31-32H,3,5-6,9-10,17-20H2,1-2,4H3/b30-21+,33-25+. The van der Waals surface area contributed by atoms with Gasteiger partial charge in [0.25, 0.3) is 0 Å². The Morgan fingerprint density at radius 2 is 1.86 bits per heavy atom. The molecule has 1 fully saturated rings. The van der Waals surface area contributed by atoms with Crippen molar-refractivity contribution in [1.82, 2.24) is 14.8 Å². The number of amidine groups is 1. The van der Waals surface area contributed by atoms with E-state index in [0.717, 1.165) is 55.6 Å². The normalized spacial score (nSPS) is 14.9. The van der Waals surface area contributed by atoms with E-state index in [-0.39, 0.29) is 0 Å². The Kier molecular flexibility index (Phi) is 8.30. The molecule has 1 aliphatic heterocycles. The van der Waals surface area contributed by atoms with Gasteiger partial charge in [-0.25, -0.2) is 4.99 Å². The van der Waals surface area contributed by atoms with Crippen LogP contribution in [0.1, 0.15) is 44.2 Å². The van der Waals surface area contributed by atoms with Crippen LogP contribution in [0, 0.1) is 6.92 Å². The molecule has 0 aliphatic carbocycles. The van der Waals surface area contributed by atoms with Gasteiger partial charge in [-0.15, -0.1) is 0 Å². The molecule has 0 spiro atoms. The number of aromatic nitrogens is 1. The lowest BCUT2D eigenvalue weighted by molar-refractivity contribution is 0.282. The van der Waals surface area contributed by atoms with Crippen LogP contribution in [0.2, 0.25) is 0 Å². The van der Waals surface area contributed by atoms with E-state index in [9.17, 15) is 0 Å². The van der Waals surface area contributed by atoms with Crippen molar-refractivity contribution in [2.24, 2.45) is 4.99 Å². The number of aromatic amines is 1. The number of aryl methyl sites for hydroxylation is 1. The molecule has 1 saturated heterocycles. The van der Waals surface area contributed by atoms with E-state index in [1.54, 1.807) is 0 Å². The molecule has 5 nitrogen and oxygen atoms in total. The summed E-state index contributed by atoms with van der Waals surface area (Å²) in [5, 5.41) is 4.74. The number of fused-ring (bicyclic) bond motifs is 1. The number of anilines is 1. The van der Waals surface area contributed by atoms with Gasteiger partial charge < -0.3 is 20.1 Å². The first kappa shape index (κ1) is 24.6. The number of rotatable bonds is 9. The number of hydrogen-bond donors (Lipinski definition) is 2. The second kappa shape index (κ2) is 11.8. The Balaban J connectivity index is 1.50. The summed E-state index contributed by atoms with van der Waals surface area (Å²) in [5.74, 6) is 2.05. The molecular weight excluding hydrogens is 430 g/mol. The fraction of sp³-hybridized carbons (Fsp3) is 0.367. The van der Waals surface area contributed by atoms with E-state index in [1.165, 1.54) is 41.3 Å². The number of H-pyrrole nitrogens is 1. The minimum Gasteiger partial charge on any atom is -0.361 e. The van der Waals surface area contributed by atoms with Crippen LogP contribution in [0.25, 0.3) is 10.9 Å². The largest absolute Gasteiger partial charge is 0.361 e. The fourth-order valence-electron chi connectivity index (χ4n) is 4.71. The SMILES string of the molecule is C=C(/C=C(\N=C(/C)N(CC)CCc1c[nH]c2ccccc12)N1CCCCC1)Nc1ccc(C)cc1. The molecule has 35 heavy (non-hydrogen) atoms. The molecule has 2 N–H and O–H groups in total. The topological polar surface area (TPSA) is 46.7 Å². The van der Waals surface area contributed by atoms with Crippen molar-refractivity contribution in [1.29, 1.82) is 0 Å². The first-order chi connectivity index (χ1) is 17.0. The maximum absolute atomic E-state index is 5.15. The average Bonchev–Trinajstić information content (AvgIpc) is 3.29. The quantitative estimate of drug-likeness (QED) is 0.208. The highest BCUT2D eigenvalue weighted by molar-refractivity contribution is 5.83. The van der Waals surface area contributed by atoms with Crippen LogP contribution in [0.4, 0.5) is 5.69 Å². The molecule has 0 amide bonds. The molecule has 0 atom stereocenters. The van der Waals surface area contributed by atoms with Crippen LogP contribution in [0.5, 0.6) is 0 Å². The maximum Gasteiger partial charge on any atom is 0.132 e. The van der Waals surface area contributed by atoms with Gasteiger partial charge in [0.2, 0.25) is 0 Å². The highest BCUT2D eigenvalue weighted by atomic mass is 15.3. The van der Waals surface area contributed by atoms with Crippen LogP contribution < -0.4 is 5.32 Å². The lowest BCUT2D eigenvalue weighted by Crippen LogP contribution is -2.33. The van der Waals surface area contributed by atoms with Crippen molar-refractivity contribution < 1.29 is 0 Å². The van der Waals surface area contributed by atoms with E-state index in [0.29, 0.717) is 0 Å². The van der Waals surface area contributed by atoms with Gasteiger partial charge in [-0.3, -0.25) is 0 Å². The molecule has 5 heteroatoms. The van der Waals surface area contributed by atoms with E-state index in [4.69, 9.17) is 4.99 Å². The number of nitrogens with zero attached hydrogens (tertiary/aromatic N) is 3. The molecule has 2 aromatic carbocycles. The third-order valence-corrected chi connectivity index (χ3v) is 6.78. The molecule has 2 heterocycles. The number of aliphatic imine (C=N–C) groups is 1. The molecule has 3 aromatic rings. The van der Waals surface area contributed by atoms with Gasteiger partial charge in [-0.2, -0.15) is 0 Å². The minimum absolute atomic E-state index is 0.854. The van der Waals surface area contributed by atoms with Gasteiger partial charge in [-0.05, 0) is 70.2 Å². The summed E-state index contributed by atoms with van der Waals surface area (Å²) in [5.41, 5.74) is 5.70. The van der Waals surface area contributed by atoms with Crippen molar-refractivity contribution in [2.75, 3.05) is 31.5 Å². The molecular formula is C30H39N5. The van der Waals surface area contributed by atoms with Crippen LogP contribution in [0.3, 0.4) is 0 Å². The highest BCUT2D eigenvalue weighted by Crippen LogP contribution is 2.21. The monoisotopic (exact) mass is 469 g/mol. The summed E-state index contributed by atoms with van der Waals surface area (Å²) >= 11 is 0. The Bertz CT molecular complexity index is 1180. The number of hydrogen-bond acceptors (Lipinski definition) is 3. The van der Waals surface area contributed by atoms with Crippen molar-refractivity contribution >= 4 is 22.4 Å². The van der Waals surface area contributed by atoms with Crippen LogP contribution in [-0.4, -0.2) is 46.8 Å². The number of para-hydroxylation sites is 1. The smallest absolute Gasteiger partial charge is 0.132 e. The molecule has 0 saturated carbocycles. The second-order valence-electron chi connectivity index (χ2n) is 9.41. The number of benzene rings is 2. The fourth-order valence-corrected chi connectivity index (χ4v) is 4.71. The summed E-state index contributed by atoms with van der Waals surface area (Å²) in [6.07, 6.45) is 8.94. The molecule has 0 bridgehead atoms. The first-order valence-corrected chi connectivity index (χ1v) is 12.9. The molecule has 0 radical (unpaired) electrons. The summed E-state index contributed by atoms with van der Waals surface area (Å²) in [6, 6.07) is 16.9. The summed E-state index contributed by atoms with van der Waals surface area (Å²) in [4.78, 5) is 13.3. The molecule has 0 unspecified atom stereocenters. The van der Waals surface area contributed by atoms with Crippen LogP contribution in [-0.2, 0) is 6.42 Å². The molecule has 184 valence electrons. The Morgan fingerprint density at radius 3 is 2.60 bits per heavy atom. The molecule has 4 rings (SSSR count). The Hall–Kier alpha value is -3.47. The van der Waals surface area contributed by atoms with Gasteiger partial charge in [-0.1, -0.05) is 42.5 Å². The van der Waals surface area contributed by atoms with Crippen molar-refractivity contribution in [2.45, 2.75) is 46.5 Å². The summed E-state index contributed by atoms with van der Waals surface area (Å²) < 4.78 is 0. The van der Waals surface area contributed by atoms with Crippen LogP contribution in [0.15, 0.2) is 83.9 Å². The van der Waals surface area contributed by atoms with E-state index in [2.05, 4.69) is 108 Å². The van der Waals surface area contributed by atoms with Gasteiger partial charge >= 0.3 is 0 Å². The van der Waals surface area contributed by atoms with E-state index in [1.807, 2.05) is 0 Å². The van der Waals surface area contributed by atoms with Gasteiger partial charge in [0.15, 0.2) is 0 Å². The third kappa shape index (κ3) is 6.56. The van der Waals surface area contributed by atoms with Gasteiger partial charge in [0.05, 0.1) is 0 Å². The van der Waals surface area contributed by atoms with E-state index < -0.39 is 0 Å². The van der Waals surface area contributed by atoms with Gasteiger partial charge in [0, 0.05) is 60.7 Å². The Morgan fingerprint density at radius 1 is 1.11 bits per heavy atom. The lowest BCUT2D eigenvalue weighted by atomic mass is 10.1. The minimum atomic E-state index is 0.854. The van der Waals surface area contributed by atoms with Gasteiger partial charge in [0.1, 0.15) is 11.7 Å². The highest BCUT2D eigenvalue weighted by Gasteiger charge is 2.15. The van der Waals surface area contributed by atoms with Crippen molar-refractivity contribution in [3.8, 4) is 0 Å². The number of piperidine rings is 1. The zero-order valence-electron chi connectivity index (χ0n) is 21.5. The first-order valence-electron chi connectivity index (χ1n) is 12.9. The number of likely N-dealkylation sites (N-methyl/N-ethyl adjacent to an activating group) is 1. The predicted octanol–water partition coefficient (Wildman–Crippen LogP) is 6.71. The zero-order valence-corrected chi connectivity index (χ0v) is 21.5. The third-order valence-electron chi connectivity index (χ3n) is 6.78. The lowest BCUT2D eigenvalue weighted by Gasteiger charge is -2.30. The summed E-state index contributed by atoms with van der Waals surface area (Å²) in [6.45, 7) is 14.7. The van der Waals surface area contributed by atoms with Crippen molar-refractivity contribution in [3.63, 3.8) is 0 Å². The predicted molar refractivity (Wildman–Crippen MR) is 150 cm³/mol. The average molecular weight is 470 g/mol. The van der Waals surface area contributed by atoms with Crippen molar-refractivity contribution in [3.05, 3.63) is 90.0 Å². The number of allylic oxidation sites excluding steroid dienone is 1. The van der Waals surface area contributed by atoms with Crippen LogP contribution >= 0.6 is 0 Å². The van der Waals surface area contributed by atoms with E-state index >= 15 is 0 Å².